The predicted octanol–water partition coefficient (Wildman–Crippen LogP) is -0.904. The highest BCUT2D eigenvalue weighted by molar-refractivity contribution is 6.13. The lowest BCUT2D eigenvalue weighted by Gasteiger charge is -2.31. The molecule has 0 amide bonds. The van der Waals surface area contributed by atoms with Crippen LogP contribution in [0.15, 0.2) is 0 Å². The van der Waals surface area contributed by atoms with Gasteiger partial charge in [0, 0.05) is 6.61 Å². The van der Waals surface area contributed by atoms with Crippen molar-refractivity contribution >= 4 is 10.2 Å². The molecule has 1 rings (SSSR count). The van der Waals surface area contributed by atoms with E-state index in [1.807, 2.05) is 0 Å². The van der Waals surface area contributed by atoms with Gasteiger partial charge in [-0.1, -0.05) is 0 Å². The van der Waals surface area contributed by atoms with Crippen LogP contribution in [0.2, 0.25) is 0 Å². The molecule has 0 spiro atoms. The van der Waals surface area contributed by atoms with Crippen LogP contribution in [0.1, 0.15) is 19.3 Å². The molecule has 54 valence electrons. The second-order valence-electron chi connectivity index (χ2n) is 2.56. The average molecular weight is 147 g/mol. The lowest BCUT2D eigenvalue weighted by atomic mass is 10.2. The topological polar surface area (TPSA) is 44.5 Å². The van der Waals surface area contributed by atoms with Crippen molar-refractivity contribution in [3.63, 3.8) is 0 Å². The molecular formula is C5H13NO2Si. The minimum Gasteiger partial charge on any atom is -0.353 e. The van der Waals surface area contributed by atoms with Gasteiger partial charge >= 0.3 is 0 Å². The van der Waals surface area contributed by atoms with E-state index in [9.17, 15) is 0 Å². The van der Waals surface area contributed by atoms with Crippen LogP contribution in [0.4, 0.5) is 0 Å². The zero-order valence-corrected chi connectivity index (χ0v) is 7.72. The molecule has 0 aromatic rings. The average Bonchev–Trinajstić information content (AvgIpc) is 1.90. The lowest BCUT2D eigenvalue weighted by Crippen LogP contribution is -2.41. The summed E-state index contributed by atoms with van der Waals surface area (Å²) >= 11 is 0. The van der Waals surface area contributed by atoms with Gasteiger partial charge in [-0.15, -0.1) is 0 Å². The largest absolute Gasteiger partial charge is 0.353 e. The molecule has 1 unspecified atom stereocenters. The van der Waals surface area contributed by atoms with Gasteiger partial charge in [0.25, 0.3) is 0 Å². The normalized spacial score (nSPS) is 37.0. The summed E-state index contributed by atoms with van der Waals surface area (Å²) in [6.07, 6.45) is 3.30. The van der Waals surface area contributed by atoms with Crippen LogP contribution < -0.4 is 5.90 Å². The lowest BCUT2D eigenvalue weighted by molar-refractivity contribution is -0.200. The van der Waals surface area contributed by atoms with Crippen LogP contribution >= 0.6 is 0 Å². The van der Waals surface area contributed by atoms with Gasteiger partial charge in [0.2, 0.25) is 0 Å². The van der Waals surface area contributed by atoms with Gasteiger partial charge in [-0.25, -0.2) is 5.90 Å². The fourth-order valence-corrected chi connectivity index (χ4v) is 1.56. The quantitative estimate of drug-likeness (QED) is 0.386. The fraction of sp³-hybridized carbons (Fsp3) is 1.00. The van der Waals surface area contributed by atoms with E-state index in [0.29, 0.717) is 0 Å². The number of hydrogen-bond donors (Lipinski definition) is 1. The SMILES string of the molecule is NOC1([SiH3])CCCCO1. The summed E-state index contributed by atoms with van der Waals surface area (Å²) in [7, 11) is 0.861. The minimum atomic E-state index is -0.363. The van der Waals surface area contributed by atoms with Crippen LogP contribution in [0.25, 0.3) is 0 Å². The van der Waals surface area contributed by atoms with Crippen LogP contribution in [0.5, 0.6) is 0 Å². The smallest absolute Gasteiger partial charge is 0.160 e. The van der Waals surface area contributed by atoms with Gasteiger partial charge in [-0.05, 0) is 19.3 Å². The Hall–Kier alpha value is 0.0969. The molecule has 0 aliphatic carbocycles. The molecule has 1 atom stereocenters. The molecule has 0 bridgehead atoms. The summed E-state index contributed by atoms with van der Waals surface area (Å²) in [6, 6.07) is 0. The summed E-state index contributed by atoms with van der Waals surface area (Å²) in [5.41, 5.74) is -0.363. The Morgan fingerprint density at radius 1 is 1.56 bits per heavy atom. The van der Waals surface area contributed by atoms with Crippen molar-refractivity contribution in [3.8, 4) is 0 Å². The third kappa shape index (κ3) is 1.75. The van der Waals surface area contributed by atoms with Crippen LogP contribution in [-0.2, 0) is 9.57 Å². The molecule has 2 N–H and O–H groups in total. The molecule has 1 aliphatic heterocycles. The summed E-state index contributed by atoms with van der Waals surface area (Å²) in [4.78, 5) is 4.72. The number of nitrogens with two attached hydrogens (primary N) is 1. The van der Waals surface area contributed by atoms with Gasteiger partial charge in [-0.2, -0.15) is 0 Å². The van der Waals surface area contributed by atoms with Gasteiger partial charge in [0.1, 0.15) is 0 Å². The molecule has 1 heterocycles. The highest BCUT2D eigenvalue weighted by atomic mass is 28.1. The predicted molar refractivity (Wildman–Crippen MR) is 37.7 cm³/mol. The Labute approximate surface area is 57.9 Å². The van der Waals surface area contributed by atoms with E-state index in [-0.39, 0.29) is 5.41 Å². The first-order valence-electron chi connectivity index (χ1n) is 3.29. The Morgan fingerprint density at radius 2 is 2.33 bits per heavy atom. The monoisotopic (exact) mass is 147 g/mol. The van der Waals surface area contributed by atoms with Crippen molar-refractivity contribution in [2.75, 3.05) is 6.61 Å². The molecule has 0 radical (unpaired) electrons. The van der Waals surface area contributed by atoms with E-state index in [4.69, 9.17) is 15.5 Å². The first-order chi connectivity index (χ1) is 4.27. The first-order valence-corrected chi connectivity index (χ1v) is 4.29. The van der Waals surface area contributed by atoms with Crippen molar-refractivity contribution < 1.29 is 9.57 Å². The third-order valence-corrected chi connectivity index (χ3v) is 2.71. The van der Waals surface area contributed by atoms with Crippen molar-refractivity contribution in [1.29, 1.82) is 0 Å². The highest BCUT2D eigenvalue weighted by Crippen LogP contribution is 2.20. The molecule has 1 saturated heterocycles. The standard InChI is InChI=1S/C5H13NO2Si/c6-8-5(9)3-1-2-4-7-5/h1-4,6H2,9H3. The summed E-state index contributed by atoms with van der Waals surface area (Å²) < 4.78 is 5.33. The molecule has 0 aromatic heterocycles. The summed E-state index contributed by atoms with van der Waals surface area (Å²) in [5, 5.41) is 0. The Bertz CT molecular complexity index is 93.0. The molecule has 4 heteroatoms. The van der Waals surface area contributed by atoms with Gasteiger partial charge in [0.05, 0.1) is 10.2 Å². The number of rotatable bonds is 1. The highest BCUT2D eigenvalue weighted by Gasteiger charge is 2.27. The molecule has 3 nitrogen and oxygen atoms in total. The van der Waals surface area contributed by atoms with E-state index in [1.54, 1.807) is 0 Å². The zero-order valence-electron chi connectivity index (χ0n) is 5.72. The molecule has 9 heavy (non-hydrogen) atoms. The second kappa shape index (κ2) is 2.79. The van der Waals surface area contributed by atoms with E-state index >= 15 is 0 Å². The van der Waals surface area contributed by atoms with E-state index in [1.165, 1.54) is 6.42 Å². The van der Waals surface area contributed by atoms with Crippen molar-refractivity contribution in [2.24, 2.45) is 5.90 Å². The van der Waals surface area contributed by atoms with Gasteiger partial charge in [-0.3, -0.25) is 4.84 Å². The van der Waals surface area contributed by atoms with E-state index in [0.717, 1.165) is 29.7 Å². The summed E-state index contributed by atoms with van der Waals surface area (Å²) in [6.45, 7) is 0.806. The number of hydrogen-bond acceptors (Lipinski definition) is 3. The Kier molecular flexibility index (Phi) is 2.23. The third-order valence-electron chi connectivity index (χ3n) is 1.68. The van der Waals surface area contributed by atoms with Crippen LogP contribution in [0, 0.1) is 0 Å². The first kappa shape index (κ1) is 7.21. The van der Waals surface area contributed by atoms with E-state index in [2.05, 4.69) is 0 Å². The molecular weight excluding hydrogens is 134 g/mol. The molecule has 0 saturated carbocycles. The van der Waals surface area contributed by atoms with Crippen LogP contribution in [-0.4, -0.2) is 22.3 Å². The van der Waals surface area contributed by atoms with E-state index < -0.39 is 0 Å². The fourth-order valence-electron chi connectivity index (χ4n) is 1.00. The van der Waals surface area contributed by atoms with Crippen LogP contribution in [0.3, 0.4) is 0 Å². The van der Waals surface area contributed by atoms with Crippen molar-refractivity contribution in [1.82, 2.24) is 0 Å². The maximum absolute atomic E-state index is 5.33. The van der Waals surface area contributed by atoms with Gasteiger partial charge in [0.15, 0.2) is 5.41 Å². The van der Waals surface area contributed by atoms with Crippen molar-refractivity contribution in [2.45, 2.75) is 24.7 Å². The summed E-state index contributed by atoms with van der Waals surface area (Å²) in [5.74, 6) is 5.05. The Morgan fingerprint density at radius 3 is 2.67 bits per heavy atom. The maximum atomic E-state index is 5.33. The molecule has 1 fully saturated rings. The van der Waals surface area contributed by atoms with Gasteiger partial charge < -0.3 is 4.74 Å². The molecule has 0 aromatic carbocycles. The maximum Gasteiger partial charge on any atom is 0.160 e. The molecule has 1 aliphatic rings. The Balaban J connectivity index is 2.37. The second-order valence-corrected chi connectivity index (χ2v) is 4.08. The van der Waals surface area contributed by atoms with Crippen molar-refractivity contribution in [3.05, 3.63) is 0 Å². The zero-order chi connectivity index (χ0) is 6.74. The number of ether oxygens (including phenoxy) is 1. The minimum absolute atomic E-state index is 0.363.